The molecular weight excluding hydrogens is 503 g/mol. The van der Waals surface area contributed by atoms with Crippen LogP contribution in [0.15, 0.2) is 97.3 Å². The number of nitrogens with zero attached hydrogens (tertiary/aromatic N) is 4. The number of aromatic nitrogens is 6. The quantitative estimate of drug-likeness (QED) is 0.231. The fraction of sp³-hybridized carbons (Fsp3) is 0. The molecule has 8 bridgehead atoms. The molecular formula is C30H22N6Ni. The van der Waals surface area contributed by atoms with Crippen LogP contribution >= 0.6 is 0 Å². The van der Waals surface area contributed by atoms with Gasteiger partial charge in [0.05, 0.1) is 34.2 Å². The Hall–Kier alpha value is -4.61. The third kappa shape index (κ3) is 5.97. The Labute approximate surface area is 223 Å². The van der Waals surface area contributed by atoms with Crippen LogP contribution in [-0.4, -0.2) is 29.9 Å². The fourth-order valence-corrected chi connectivity index (χ4v) is 3.97. The average molecular weight is 525 g/mol. The van der Waals surface area contributed by atoms with Crippen molar-refractivity contribution in [2.45, 2.75) is 0 Å². The zero-order chi connectivity index (χ0) is 24.2. The topological polar surface area (TPSA) is 83.1 Å². The first-order valence-corrected chi connectivity index (χ1v) is 11.6. The number of fused-ring (bicyclic) bond motifs is 8. The second kappa shape index (κ2) is 11.0. The number of H-pyrrole nitrogens is 2. The third-order valence-corrected chi connectivity index (χ3v) is 5.63. The van der Waals surface area contributed by atoms with E-state index in [9.17, 15) is 0 Å². The minimum atomic E-state index is 0. The molecule has 0 fully saturated rings. The Morgan fingerprint density at radius 2 is 0.784 bits per heavy atom. The zero-order valence-corrected chi connectivity index (χ0v) is 20.6. The number of aromatic amines is 2. The van der Waals surface area contributed by atoms with Crippen molar-refractivity contribution >= 4 is 46.4 Å². The van der Waals surface area contributed by atoms with E-state index in [2.05, 4.69) is 54.2 Å². The van der Waals surface area contributed by atoms with Crippen LogP contribution in [0, 0.1) is 0 Å². The summed E-state index contributed by atoms with van der Waals surface area (Å²) >= 11 is 0. The number of nitrogens with one attached hydrogen (secondary N) is 2. The molecule has 0 spiro atoms. The Morgan fingerprint density at radius 3 is 1.08 bits per heavy atom. The van der Waals surface area contributed by atoms with E-state index in [1.165, 1.54) is 0 Å². The minimum absolute atomic E-state index is 0. The van der Waals surface area contributed by atoms with Gasteiger partial charge in [0.25, 0.3) is 0 Å². The fourth-order valence-electron chi connectivity index (χ4n) is 3.97. The summed E-state index contributed by atoms with van der Waals surface area (Å²) in [6.45, 7) is 0. The third-order valence-electron chi connectivity index (χ3n) is 5.63. The Balaban J connectivity index is 0.000000183. The molecule has 7 rings (SSSR count). The van der Waals surface area contributed by atoms with Crippen LogP contribution in [0.25, 0.3) is 57.8 Å². The molecule has 5 aromatic rings. The molecule has 6 nitrogen and oxygen atoms in total. The predicted molar refractivity (Wildman–Crippen MR) is 146 cm³/mol. The van der Waals surface area contributed by atoms with Gasteiger partial charge in [-0.2, -0.15) is 0 Å². The second-order valence-electron chi connectivity index (χ2n) is 8.34. The molecule has 2 N–H and O–H groups in total. The van der Waals surface area contributed by atoms with Gasteiger partial charge < -0.3 is 9.97 Å². The summed E-state index contributed by atoms with van der Waals surface area (Å²) in [7, 11) is 0. The van der Waals surface area contributed by atoms with E-state index in [-0.39, 0.29) is 16.5 Å². The van der Waals surface area contributed by atoms with Crippen molar-refractivity contribution in [1.82, 2.24) is 29.9 Å². The first kappa shape index (κ1) is 24.1. The molecule has 0 unspecified atom stereocenters. The van der Waals surface area contributed by atoms with Gasteiger partial charge in [0, 0.05) is 51.0 Å². The van der Waals surface area contributed by atoms with Gasteiger partial charge in [0.2, 0.25) is 0 Å². The predicted octanol–water partition coefficient (Wildman–Crippen LogP) is 6.80. The van der Waals surface area contributed by atoms with Crippen LogP contribution in [0.2, 0.25) is 0 Å². The molecule has 37 heavy (non-hydrogen) atoms. The van der Waals surface area contributed by atoms with Crippen LogP contribution in [-0.2, 0) is 16.5 Å². The van der Waals surface area contributed by atoms with E-state index >= 15 is 0 Å². The number of hydrogen-bond donors (Lipinski definition) is 2. The summed E-state index contributed by atoms with van der Waals surface area (Å²) < 4.78 is 0. The summed E-state index contributed by atoms with van der Waals surface area (Å²) in [6.07, 6.45) is 11.6. The van der Waals surface area contributed by atoms with Gasteiger partial charge in [-0.15, -0.1) is 0 Å². The summed E-state index contributed by atoms with van der Waals surface area (Å²) in [6, 6.07) is 28.0. The van der Waals surface area contributed by atoms with Crippen molar-refractivity contribution in [3.63, 3.8) is 0 Å². The number of pyridine rings is 2. The van der Waals surface area contributed by atoms with Crippen LogP contribution in [0.4, 0.5) is 0 Å². The van der Waals surface area contributed by atoms with Crippen molar-refractivity contribution in [1.29, 1.82) is 0 Å². The van der Waals surface area contributed by atoms with Crippen molar-refractivity contribution in [3.8, 4) is 11.4 Å². The maximum Gasteiger partial charge on any atom is 0.0886 e. The van der Waals surface area contributed by atoms with Gasteiger partial charge in [0.1, 0.15) is 0 Å². The summed E-state index contributed by atoms with van der Waals surface area (Å²) in [4.78, 5) is 24.4. The van der Waals surface area contributed by atoms with Crippen molar-refractivity contribution < 1.29 is 16.5 Å². The SMILES string of the molecule is C1=Cc2cc3ccc(cc4nc(cc5ccc(cc1n2)[nH]5)C=C4)[nH]3.[Ni].c1ccc(-c2ccccn2)nc1. The number of hydrogen-bond acceptors (Lipinski definition) is 4. The molecule has 0 saturated heterocycles. The summed E-state index contributed by atoms with van der Waals surface area (Å²) in [5.74, 6) is 0. The largest absolute Gasteiger partial charge is 0.355 e. The Kier molecular flexibility index (Phi) is 7.15. The molecule has 0 amide bonds. The molecule has 182 valence electrons. The van der Waals surface area contributed by atoms with Gasteiger partial charge in [-0.25, -0.2) is 9.97 Å². The maximum atomic E-state index is 4.63. The van der Waals surface area contributed by atoms with Crippen LogP contribution in [0.1, 0.15) is 22.8 Å². The molecule has 0 radical (unpaired) electrons. The molecule has 5 aromatic heterocycles. The first-order valence-electron chi connectivity index (χ1n) is 11.6. The van der Waals surface area contributed by atoms with Crippen LogP contribution in [0.3, 0.4) is 0 Å². The smallest absolute Gasteiger partial charge is 0.0886 e. The Morgan fingerprint density at radius 1 is 0.432 bits per heavy atom. The summed E-state index contributed by atoms with van der Waals surface area (Å²) in [5, 5.41) is 0. The molecule has 0 atom stereocenters. The molecule has 0 saturated carbocycles. The average Bonchev–Trinajstić information content (AvgIpc) is 3.72. The molecule has 0 aromatic carbocycles. The standard InChI is InChI=1S/C20H14N4.C10H8N2.Ni/c1-2-14-10-16-5-6-18(23-16)12-20-8-7-19(24-20)11-17-4-3-15(22-17)9-13(1)21-14;1-3-7-11-9(5-1)10-6-2-4-8-12-10;/h1-12,21,24H;1-8H;. The Bertz CT molecular complexity index is 1520. The molecule has 2 aliphatic heterocycles. The van der Waals surface area contributed by atoms with Gasteiger partial charge in [0.15, 0.2) is 0 Å². The van der Waals surface area contributed by atoms with E-state index in [1.54, 1.807) is 12.4 Å². The van der Waals surface area contributed by atoms with Gasteiger partial charge in [-0.05, 0) is 97.1 Å². The van der Waals surface area contributed by atoms with E-state index < -0.39 is 0 Å². The zero-order valence-electron chi connectivity index (χ0n) is 19.7. The molecule has 2 aliphatic rings. The number of rotatable bonds is 1. The normalized spacial score (nSPS) is 11.4. The van der Waals surface area contributed by atoms with Gasteiger partial charge in [-0.3, -0.25) is 9.97 Å². The monoisotopic (exact) mass is 524 g/mol. The van der Waals surface area contributed by atoms with Gasteiger partial charge >= 0.3 is 0 Å². The molecule has 7 heterocycles. The van der Waals surface area contributed by atoms with Crippen molar-refractivity contribution in [2.24, 2.45) is 0 Å². The summed E-state index contributed by atoms with van der Waals surface area (Å²) in [5.41, 5.74) is 9.69. The van der Waals surface area contributed by atoms with Crippen molar-refractivity contribution in [3.05, 3.63) is 120 Å². The molecule has 0 aliphatic carbocycles. The van der Waals surface area contributed by atoms with Gasteiger partial charge in [-0.1, -0.05) is 12.1 Å². The van der Waals surface area contributed by atoms with Crippen LogP contribution in [0.5, 0.6) is 0 Å². The van der Waals surface area contributed by atoms with Crippen molar-refractivity contribution in [2.75, 3.05) is 0 Å². The minimum Gasteiger partial charge on any atom is -0.355 e. The van der Waals surface area contributed by atoms with E-state index in [4.69, 9.17) is 0 Å². The van der Waals surface area contributed by atoms with Crippen LogP contribution < -0.4 is 0 Å². The maximum absolute atomic E-state index is 4.63. The second-order valence-corrected chi connectivity index (χ2v) is 8.34. The molecule has 7 heteroatoms. The van der Waals surface area contributed by atoms with E-state index in [1.807, 2.05) is 85.0 Å². The van der Waals surface area contributed by atoms with E-state index in [0.29, 0.717) is 0 Å². The first-order chi connectivity index (χ1) is 17.8. The van der Waals surface area contributed by atoms with E-state index in [0.717, 1.165) is 56.2 Å².